The summed E-state index contributed by atoms with van der Waals surface area (Å²) in [7, 11) is 3.36. The number of likely N-dealkylation sites (tertiary alicyclic amines) is 1. The van der Waals surface area contributed by atoms with E-state index in [-0.39, 0.29) is 11.2 Å². The van der Waals surface area contributed by atoms with Crippen LogP contribution in [0.4, 0.5) is 0 Å². The van der Waals surface area contributed by atoms with Gasteiger partial charge >= 0.3 is 5.97 Å². The van der Waals surface area contributed by atoms with Gasteiger partial charge in [0.15, 0.2) is 0 Å². The predicted octanol–water partition coefficient (Wildman–Crippen LogP) is 4.71. The zero-order chi connectivity index (χ0) is 21.3. The molecule has 1 saturated heterocycles. The molecule has 1 N–H and O–H groups in total. The number of rotatable bonds is 10. The van der Waals surface area contributed by atoms with E-state index in [9.17, 15) is 9.90 Å². The molecule has 0 aliphatic carbocycles. The first-order valence-corrected chi connectivity index (χ1v) is 11.5. The molecule has 30 heavy (non-hydrogen) atoms. The van der Waals surface area contributed by atoms with Crippen LogP contribution in [0.25, 0.3) is 0 Å². The van der Waals surface area contributed by atoms with Crippen LogP contribution in [0, 0.1) is 5.92 Å². The fourth-order valence-electron chi connectivity index (χ4n) is 3.89. The van der Waals surface area contributed by atoms with E-state index in [0.717, 1.165) is 49.6 Å². The first-order valence-electron chi connectivity index (χ1n) is 10.5. The summed E-state index contributed by atoms with van der Waals surface area (Å²) in [5.41, 5.74) is 2.49. The van der Waals surface area contributed by atoms with Crippen LogP contribution >= 0.6 is 11.8 Å². The van der Waals surface area contributed by atoms with Crippen molar-refractivity contribution in [3.63, 3.8) is 0 Å². The maximum atomic E-state index is 11.3. The number of ether oxygens (including phenoxy) is 2. The third-order valence-electron chi connectivity index (χ3n) is 5.60. The minimum absolute atomic E-state index is 0.210. The summed E-state index contributed by atoms with van der Waals surface area (Å²) in [5.74, 6) is 1.85. The molecule has 0 radical (unpaired) electrons. The van der Waals surface area contributed by atoms with Crippen molar-refractivity contribution in [1.29, 1.82) is 0 Å². The molecule has 0 amide bonds. The molecule has 0 saturated carbocycles. The number of piperidine rings is 1. The number of aliphatic carboxylic acids is 1. The lowest BCUT2D eigenvalue weighted by atomic mass is 9.98. The number of carboxylic acid groups (broad SMARTS) is 1. The van der Waals surface area contributed by atoms with Crippen molar-refractivity contribution in [2.24, 2.45) is 5.92 Å². The molecule has 1 aliphatic rings. The molecular formula is C24H31NO4S. The molecule has 0 bridgehead atoms. The number of nitrogens with zero attached hydrogens (tertiary/aromatic N) is 1. The van der Waals surface area contributed by atoms with Gasteiger partial charge in [0.1, 0.15) is 11.5 Å². The molecule has 3 rings (SSSR count). The highest BCUT2D eigenvalue weighted by Gasteiger charge is 2.25. The van der Waals surface area contributed by atoms with Crippen molar-refractivity contribution in [2.45, 2.75) is 24.5 Å². The van der Waals surface area contributed by atoms with Crippen molar-refractivity contribution < 1.29 is 19.4 Å². The lowest BCUT2D eigenvalue weighted by Gasteiger charge is -2.30. The molecule has 6 heteroatoms. The highest BCUT2D eigenvalue weighted by atomic mass is 32.2. The molecule has 2 aromatic rings. The van der Waals surface area contributed by atoms with Crippen LogP contribution in [-0.4, -0.2) is 55.6 Å². The Morgan fingerprint density at radius 1 is 1.07 bits per heavy atom. The standard InChI is InChI=1S/C24H31NO4S/c1-28-21-10-6-18(7-11-21)23(19-8-12-22(29-2)13-9-19)30-16-4-15-25-14-3-5-20(17-25)24(26)27/h6-13,20,23H,3-5,14-17H2,1-2H3,(H,26,27)/t20-/m1/s1. The zero-order valence-corrected chi connectivity index (χ0v) is 18.6. The molecule has 0 unspecified atom stereocenters. The SMILES string of the molecule is COc1ccc(C(SCCCN2CCC[C@@H](C(=O)O)C2)c2ccc(OC)cc2)cc1. The molecule has 1 heterocycles. The number of thioether (sulfide) groups is 1. The Bertz CT molecular complexity index is 746. The van der Waals surface area contributed by atoms with Gasteiger partial charge in [0.05, 0.1) is 25.4 Å². The first-order chi connectivity index (χ1) is 14.6. The van der Waals surface area contributed by atoms with E-state index in [2.05, 4.69) is 29.2 Å². The second-order valence-corrected chi connectivity index (χ2v) is 8.84. The van der Waals surface area contributed by atoms with Gasteiger partial charge in [-0.1, -0.05) is 24.3 Å². The smallest absolute Gasteiger partial charge is 0.307 e. The molecule has 5 nitrogen and oxygen atoms in total. The molecule has 1 aliphatic heterocycles. The fourth-order valence-corrected chi connectivity index (χ4v) is 5.12. The Labute approximate surface area is 183 Å². The van der Waals surface area contributed by atoms with Crippen molar-refractivity contribution in [3.05, 3.63) is 59.7 Å². The van der Waals surface area contributed by atoms with Gasteiger partial charge < -0.3 is 19.5 Å². The summed E-state index contributed by atoms with van der Waals surface area (Å²) in [6.45, 7) is 2.64. The van der Waals surface area contributed by atoms with Crippen LogP contribution in [-0.2, 0) is 4.79 Å². The Morgan fingerprint density at radius 3 is 2.13 bits per heavy atom. The summed E-state index contributed by atoms with van der Waals surface area (Å²) >= 11 is 1.93. The number of hydrogen-bond donors (Lipinski definition) is 1. The van der Waals surface area contributed by atoms with Gasteiger partial charge in [-0.15, -0.1) is 11.8 Å². The molecular weight excluding hydrogens is 398 g/mol. The Morgan fingerprint density at radius 2 is 1.63 bits per heavy atom. The van der Waals surface area contributed by atoms with E-state index in [1.54, 1.807) is 14.2 Å². The van der Waals surface area contributed by atoms with Gasteiger partial charge in [-0.3, -0.25) is 4.79 Å². The van der Waals surface area contributed by atoms with Crippen LogP contribution in [0.15, 0.2) is 48.5 Å². The van der Waals surface area contributed by atoms with Gasteiger partial charge in [0, 0.05) is 6.54 Å². The second-order valence-electron chi connectivity index (χ2n) is 7.63. The van der Waals surface area contributed by atoms with Crippen molar-refractivity contribution in [2.75, 3.05) is 39.6 Å². The van der Waals surface area contributed by atoms with E-state index in [1.807, 2.05) is 36.0 Å². The van der Waals surface area contributed by atoms with Crippen LogP contribution in [0.2, 0.25) is 0 Å². The minimum Gasteiger partial charge on any atom is -0.497 e. The van der Waals surface area contributed by atoms with E-state index in [0.29, 0.717) is 6.54 Å². The van der Waals surface area contributed by atoms with Gasteiger partial charge in [-0.05, 0) is 73.5 Å². The number of benzene rings is 2. The minimum atomic E-state index is -0.659. The van der Waals surface area contributed by atoms with Crippen LogP contribution in [0.3, 0.4) is 0 Å². The van der Waals surface area contributed by atoms with Crippen LogP contribution < -0.4 is 9.47 Å². The molecule has 0 spiro atoms. The number of hydrogen-bond acceptors (Lipinski definition) is 5. The maximum Gasteiger partial charge on any atom is 0.307 e. The molecule has 0 aromatic heterocycles. The summed E-state index contributed by atoms with van der Waals surface area (Å²) in [6, 6.07) is 16.5. The Balaban J connectivity index is 1.61. The van der Waals surface area contributed by atoms with Crippen molar-refractivity contribution in [1.82, 2.24) is 4.90 Å². The lowest BCUT2D eigenvalue weighted by molar-refractivity contribution is -0.143. The Hall–Kier alpha value is -2.18. The van der Waals surface area contributed by atoms with Gasteiger partial charge in [-0.25, -0.2) is 0 Å². The first kappa shape index (κ1) is 22.5. The van der Waals surface area contributed by atoms with Gasteiger partial charge in [-0.2, -0.15) is 0 Å². The topological polar surface area (TPSA) is 59.0 Å². The van der Waals surface area contributed by atoms with Gasteiger partial charge in [0.2, 0.25) is 0 Å². The fraction of sp³-hybridized carbons (Fsp3) is 0.458. The molecule has 2 aromatic carbocycles. The normalized spacial score (nSPS) is 17.1. The summed E-state index contributed by atoms with van der Waals surface area (Å²) < 4.78 is 10.6. The van der Waals surface area contributed by atoms with E-state index >= 15 is 0 Å². The van der Waals surface area contributed by atoms with Crippen molar-refractivity contribution in [3.8, 4) is 11.5 Å². The zero-order valence-electron chi connectivity index (χ0n) is 17.8. The number of carboxylic acids is 1. The quantitative estimate of drug-likeness (QED) is 0.552. The van der Waals surface area contributed by atoms with Crippen LogP contribution in [0.5, 0.6) is 11.5 Å². The average Bonchev–Trinajstić information content (AvgIpc) is 2.79. The molecule has 162 valence electrons. The van der Waals surface area contributed by atoms with E-state index in [1.165, 1.54) is 11.1 Å². The predicted molar refractivity (Wildman–Crippen MR) is 122 cm³/mol. The second kappa shape index (κ2) is 11.3. The lowest BCUT2D eigenvalue weighted by Crippen LogP contribution is -2.39. The van der Waals surface area contributed by atoms with E-state index < -0.39 is 5.97 Å². The largest absolute Gasteiger partial charge is 0.497 e. The highest BCUT2D eigenvalue weighted by Crippen LogP contribution is 2.37. The third-order valence-corrected chi connectivity index (χ3v) is 7.00. The number of methoxy groups -OCH3 is 2. The maximum absolute atomic E-state index is 11.3. The highest BCUT2D eigenvalue weighted by molar-refractivity contribution is 7.99. The molecule has 1 atom stereocenters. The summed E-state index contributed by atoms with van der Waals surface area (Å²) in [4.78, 5) is 13.6. The van der Waals surface area contributed by atoms with Crippen LogP contribution in [0.1, 0.15) is 35.6 Å². The van der Waals surface area contributed by atoms with Gasteiger partial charge in [0.25, 0.3) is 0 Å². The summed E-state index contributed by atoms with van der Waals surface area (Å²) in [6.07, 6.45) is 2.82. The third kappa shape index (κ3) is 6.16. The average molecular weight is 430 g/mol. The van der Waals surface area contributed by atoms with Crippen molar-refractivity contribution >= 4 is 17.7 Å². The number of carbonyl (C=O) groups is 1. The Kier molecular flexibility index (Phi) is 8.46. The summed E-state index contributed by atoms with van der Waals surface area (Å²) in [5, 5.41) is 9.51. The van der Waals surface area contributed by atoms with E-state index in [4.69, 9.17) is 9.47 Å². The molecule has 1 fully saturated rings. The monoisotopic (exact) mass is 429 g/mol.